The summed E-state index contributed by atoms with van der Waals surface area (Å²) in [7, 11) is 0. The van der Waals surface area contributed by atoms with E-state index in [1.807, 2.05) is 0 Å². The fraction of sp³-hybridized carbons (Fsp3) is 0.154. The van der Waals surface area contributed by atoms with E-state index in [0.29, 0.717) is 11.1 Å². The number of hydrogen-bond donors (Lipinski definition) is 1. The Labute approximate surface area is 102 Å². The first kappa shape index (κ1) is 14.0. The van der Waals surface area contributed by atoms with E-state index in [9.17, 15) is 18.0 Å². The molecule has 1 N–H and O–H groups in total. The van der Waals surface area contributed by atoms with Gasteiger partial charge in [0, 0.05) is 6.08 Å². The van der Waals surface area contributed by atoms with Gasteiger partial charge in [0.05, 0.1) is 5.56 Å². The Morgan fingerprint density at radius 1 is 1.22 bits per heavy atom. The molecule has 0 saturated carbocycles. The first-order valence-electron chi connectivity index (χ1n) is 5.06. The van der Waals surface area contributed by atoms with Gasteiger partial charge in [-0.2, -0.15) is 13.2 Å². The van der Waals surface area contributed by atoms with Crippen LogP contribution in [0.5, 0.6) is 0 Å². The van der Waals surface area contributed by atoms with Crippen molar-refractivity contribution in [1.82, 2.24) is 0 Å². The summed E-state index contributed by atoms with van der Waals surface area (Å²) < 4.78 is 37.0. The van der Waals surface area contributed by atoms with E-state index in [1.54, 1.807) is 6.92 Å². The Kier molecular flexibility index (Phi) is 4.31. The van der Waals surface area contributed by atoms with Gasteiger partial charge in [0.2, 0.25) is 0 Å². The van der Waals surface area contributed by atoms with Crippen LogP contribution in [0.4, 0.5) is 13.2 Å². The molecule has 0 bridgehead atoms. The molecular formula is C13H11F3O2. The highest BCUT2D eigenvalue weighted by Gasteiger charge is 2.29. The lowest BCUT2D eigenvalue weighted by molar-refractivity contribution is -0.137. The summed E-state index contributed by atoms with van der Waals surface area (Å²) in [6.45, 7) is 1.69. The first-order chi connectivity index (χ1) is 8.30. The predicted octanol–water partition coefficient (Wildman–Crippen LogP) is 3.75. The molecule has 1 aromatic carbocycles. The topological polar surface area (TPSA) is 37.3 Å². The number of carboxylic acid groups (broad SMARTS) is 1. The van der Waals surface area contributed by atoms with Gasteiger partial charge in [0.1, 0.15) is 0 Å². The van der Waals surface area contributed by atoms with Crippen molar-refractivity contribution in [3.8, 4) is 0 Å². The van der Waals surface area contributed by atoms with E-state index in [-0.39, 0.29) is 0 Å². The minimum absolute atomic E-state index is 0.609. The van der Waals surface area contributed by atoms with Gasteiger partial charge in [-0.25, -0.2) is 4.79 Å². The fourth-order valence-corrected chi connectivity index (χ4v) is 1.29. The van der Waals surface area contributed by atoms with Crippen molar-refractivity contribution in [2.75, 3.05) is 0 Å². The zero-order valence-electron chi connectivity index (χ0n) is 9.53. The second kappa shape index (κ2) is 5.53. The Morgan fingerprint density at radius 3 is 2.22 bits per heavy atom. The molecule has 1 aromatic rings. The summed E-state index contributed by atoms with van der Waals surface area (Å²) >= 11 is 0. The van der Waals surface area contributed by atoms with E-state index in [0.717, 1.165) is 18.2 Å². The van der Waals surface area contributed by atoms with E-state index in [2.05, 4.69) is 0 Å². The highest BCUT2D eigenvalue weighted by molar-refractivity contribution is 5.80. The average Bonchev–Trinajstić information content (AvgIpc) is 2.27. The normalized spacial score (nSPS) is 13.0. The molecule has 0 aromatic heterocycles. The third-order valence-electron chi connectivity index (χ3n) is 2.25. The SMILES string of the molecule is C/C(=C\C=C\C(=O)O)c1ccc(C(F)(F)F)cc1. The maximum atomic E-state index is 12.3. The van der Waals surface area contributed by atoms with Crippen molar-refractivity contribution in [2.45, 2.75) is 13.1 Å². The van der Waals surface area contributed by atoms with Crippen molar-refractivity contribution in [3.05, 3.63) is 53.6 Å². The maximum absolute atomic E-state index is 12.3. The summed E-state index contributed by atoms with van der Waals surface area (Å²) in [5, 5.41) is 8.38. The number of rotatable bonds is 3. The lowest BCUT2D eigenvalue weighted by atomic mass is 10.0. The van der Waals surface area contributed by atoms with E-state index >= 15 is 0 Å². The summed E-state index contributed by atoms with van der Waals surface area (Å²) in [6.07, 6.45) is -0.543. The molecule has 5 heteroatoms. The van der Waals surface area contributed by atoms with Crippen molar-refractivity contribution in [2.24, 2.45) is 0 Å². The molecular weight excluding hydrogens is 245 g/mol. The molecule has 0 radical (unpaired) electrons. The third-order valence-corrected chi connectivity index (χ3v) is 2.25. The van der Waals surface area contributed by atoms with Gasteiger partial charge < -0.3 is 5.11 Å². The second-order valence-corrected chi connectivity index (χ2v) is 3.62. The molecule has 2 nitrogen and oxygen atoms in total. The summed E-state index contributed by atoms with van der Waals surface area (Å²) in [5.41, 5.74) is 0.583. The van der Waals surface area contributed by atoms with Crippen molar-refractivity contribution >= 4 is 11.5 Å². The van der Waals surface area contributed by atoms with Crippen LogP contribution in [-0.4, -0.2) is 11.1 Å². The van der Waals surface area contributed by atoms with Gasteiger partial charge in [0.15, 0.2) is 0 Å². The molecule has 0 heterocycles. The van der Waals surface area contributed by atoms with Crippen molar-refractivity contribution < 1.29 is 23.1 Å². The van der Waals surface area contributed by atoms with Crippen LogP contribution < -0.4 is 0 Å². The highest BCUT2D eigenvalue weighted by atomic mass is 19.4. The molecule has 0 amide bonds. The Morgan fingerprint density at radius 2 is 1.78 bits per heavy atom. The van der Waals surface area contributed by atoms with E-state index in [1.165, 1.54) is 24.3 Å². The molecule has 0 aliphatic heterocycles. The monoisotopic (exact) mass is 256 g/mol. The van der Waals surface area contributed by atoms with Crippen LogP contribution in [0.3, 0.4) is 0 Å². The number of benzene rings is 1. The highest BCUT2D eigenvalue weighted by Crippen LogP contribution is 2.29. The molecule has 0 fully saturated rings. The zero-order valence-corrected chi connectivity index (χ0v) is 9.53. The van der Waals surface area contributed by atoms with Crippen LogP contribution in [0.25, 0.3) is 5.57 Å². The quantitative estimate of drug-likeness (QED) is 0.660. The molecule has 18 heavy (non-hydrogen) atoms. The number of carboxylic acids is 1. The summed E-state index contributed by atoms with van der Waals surface area (Å²) in [4.78, 5) is 10.2. The molecule has 0 unspecified atom stereocenters. The second-order valence-electron chi connectivity index (χ2n) is 3.62. The van der Waals surface area contributed by atoms with Gasteiger partial charge in [-0.15, -0.1) is 0 Å². The Hall–Kier alpha value is -2.04. The van der Waals surface area contributed by atoms with Gasteiger partial charge >= 0.3 is 12.1 Å². The molecule has 0 aliphatic carbocycles. The Bertz CT molecular complexity index is 482. The number of alkyl halides is 3. The minimum Gasteiger partial charge on any atom is -0.478 e. The number of halogens is 3. The average molecular weight is 256 g/mol. The smallest absolute Gasteiger partial charge is 0.416 e. The number of carbonyl (C=O) groups is 1. The van der Waals surface area contributed by atoms with Crippen molar-refractivity contribution in [3.63, 3.8) is 0 Å². The molecule has 0 atom stereocenters. The lowest BCUT2D eigenvalue weighted by Gasteiger charge is -2.07. The molecule has 1 rings (SSSR count). The van der Waals surface area contributed by atoms with E-state index < -0.39 is 17.7 Å². The molecule has 0 saturated heterocycles. The number of hydrogen-bond acceptors (Lipinski definition) is 1. The van der Waals surface area contributed by atoms with Crippen LogP contribution in [0, 0.1) is 0 Å². The van der Waals surface area contributed by atoms with Gasteiger partial charge in [0.25, 0.3) is 0 Å². The van der Waals surface area contributed by atoms with Gasteiger partial charge in [-0.05, 0) is 30.2 Å². The van der Waals surface area contributed by atoms with Crippen molar-refractivity contribution in [1.29, 1.82) is 0 Å². The molecule has 0 spiro atoms. The van der Waals surface area contributed by atoms with Gasteiger partial charge in [-0.3, -0.25) is 0 Å². The first-order valence-corrected chi connectivity index (χ1v) is 5.06. The van der Waals surface area contributed by atoms with Gasteiger partial charge in [-0.1, -0.05) is 24.3 Å². The standard InChI is InChI=1S/C13H11F3O2/c1-9(3-2-4-12(17)18)10-5-7-11(8-6-10)13(14,15)16/h2-8H,1H3,(H,17,18)/b4-2+,9-3+. The Balaban J connectivity index is 2.89. The largest absolute Gasteiger partial charge is 0.478 e. The lowest BCUT2D eigenvalue weighted by Crippen LogP contribution is -2.04. The summed E-state index contributed by atoms with van der Waals surface area (Å²) in [6, 6.07) is 4.69. The van der Waals surface area contributed by atoms with Crippen LogP contribution in [0.15, 0.2) is 42.5 Å². The predicted molar refractivity (Wildman–Crippen MR) is 61.9 cm³/mol. The van der Waals surface area contributed by atoms with Crippen LogP contribution in [0.2, 0.25) is 0 Å². The molecule has 0 aliphatic rings. The van der Waals surface area contributed by atoms with Crippen LogP contribution in [-0.2, 0) is 11.0 Å². The zero-order chi connectivity index (χ0) is 13.8. The summed E-state index contributed by atoms with van der Waals surface area (Å²) in [5.74, 6) is -1.08. The van der Waals surface area contributed by atoms with Crippen LogP contribution >= 0.6 is 0 Å². The number of allylic oxidation sites excluding steroid dienone is 3. The number of aliphatic carboxylic acids is 1. The minimum atomic E-state index is -4.35. The fourth-order valence-electron chi connectivity index (χ4n) is 1.29. The third kappa shape index (κ3) is 4.08. The van der Waals surface area contributed by atoms with E-state index in [4.69, 9.17) is 5.11 Å². The van der Waals surface area contributed by atoms with Crippen LogP contribution in [0.1, 0.15) is 18.1 Å². The maximum Gasteiger partial charge on any atom is 0.416 e. The molecule has 96 valence electrons.